The molecule has 4 heteroatoms. The zero-order valence-electron chi connectivity index (χ0n) is 9.35. The fraction of sp³-hybridized carbons (Fsp3) is 0.385. The standard InChI is InChI=1S/C13H13NO3/c15-9-1-2-11-8(5-9)3-4-14-12(11)6-10(16)7-13(14)17/h1-2,5,12,15H,3-4,6-7H2. The molecule has 0 aromatic heterocycles. The average molecular weight is 231 g/mol. The summed E-state index contributed by atoms with van der Waals surface area (Å²) in [5.41, 5.74) is 2.06. The van der Waals surface area contributed by atoms with Gasteiger partial charge in [-0.2, -0.15) is 0 Å². The number of aromatic hydroxyl groups is 1. The Labute approximate surface area is 98.9 Å². The number of phenols is 1. The number of fused-ring (bicyclic) bond motifs is 3. The van der Waals surface area contributed by atoms with E-state index in [0.717, 1.165) is 17.5 Å². The number of nitrogens with zero attached hydrogens (tertiary/aromatic N) is 1. The first-order valence-corrected chi connectivity index (χ1v) is 5.78. The molecule has 1 unspecified atom stereocenters. The van der Waals surface area contributed by atoms with Gasteiger partial charge >= 0.3 is 0 Å². The van der Waals surface area contributed by atoms with Crippen LogP contribution in [0.4, 0.5) is 0 Å². The number of carbonyl (C=O) groups is 2. The van der Waals surface area contributed by atoms with E-state index in [1.807, 2.05) is 6.07 Å². The molecule has 1 saturated heterocycles. The Morgan fingerprint density at radius 3 is 2.94 bits per heavy atom. The summed E-state index contributed by atoms with van der Waals surface area (Å²) in [5, 5.41) is 9.44. The molecule has 1 aromatic rings. The zero-order chi connectivity index (χ0) is 12.0. The van der Waals surface area contributed by atoms with Gasteiger partial charge in [-0.15, -0.1) is 0 Å². The van der Waals surface area contributed by atoms with Crippen LogP contribution in [0.15, 0.2) is 18.2 Å². The molecular weight excluding hydrogens is 218 g/mol. The highest BCUT2D eigenvalue weighted by Gasteiger charge is 2.36. The molecule has 2 aliphatic heterocycles. The molecule has 1 N–H and O–H groups in total. The van der Waals surface area contributed by atoms with Crippen molar-refractivity contribution in [2.24, 2.45) is 0 Å². The number of hydrogen-bond acceptors (Lipinski definition) is 3. The number of piperidine rings is 1. The second kappa shape index (κ2) is 3.58. The van der Waals surface area contributed by atoms with E-state index in [4.69, 9.17) is 0 Å². The minimum atomic E-state index is -0.118. The van der Waals surface area contributed by atoms with E-state index in [0.29, 0.717) is 13.0 Å². The summed E-state index contributed by atoms with van der Waals surface area (Å²) >= 11 is 0. The monoisotopic (exact) mass is 231 g/mol. The minimum Gasteiger partial charge on any atom is -0.508 e. The van der Waals surface area contributed by atoms with E-state index < -0.39 is 0 Å². The molecule has 1 fully saturated rings. The predicted octanol–water partition coefficient (Wildman–Crippen LogP) is 1.18. The fourth-order valence-electron chi connectivity index (χ4n) is 2.78. The lowest BCUT2D eigenvalue weighted by Gasteiger charge is -2.39. The summed E-state index contributed by atoms with van der Waals surface area (Å²) in [4.78, 5) is 25.1. The number of hydrogen-bond donors (Lipinski definition) is 1. The molecule has 0 saturated carbocycles. The highest BCUT2D eigenvalue weighted by molar-refractivity contribution is 6.01. The van der Waals surface area contributed by atoms with Gasteiger partial charge in [-0.3, -0.25) is 9.59 Å². The smallest absolute Gasteiger partial charge is 0.230 e. The molecule has 4 nitrogen and oxygen atoms in total. The maximum Gasteiger partial charge on any atom is 0.230 e. The zero-order valence-corrected chi connectivity index (χ0v) is 9.35. The van der Waals surface area contributed by atoms with Crippen molar-refractivity contribution in [1.29, 1.82) is 0 Å². The van der Waals surface area contributed by atoms with Crippen molar-refractivity contribution in [3.8, 4) is 5.75 Å². The van der Waals surface area contributed by atoms with Gasteiger partial charge in [0.2, 0.25) is 5.91 Å². The summed E-state index contributed by atoms with van der Waals surface area (Å²) in [6.07, 6.45) is 1.20. The van der Waals surface area contributed by atoms with Gasteiger partial charge in [-0.1, -0.05) is 6.07 Å². The number of carbonyl (C=O) groups excluding carboxylic acids is 2. The largest absolute Gasteiger partial charge is 0.508 e. The molecule has 3 rings (SSSR count). The van der Waals surface area contributed by atoms with Crippen molar-refractivity contribution >= 4 is 11.7 Å². The third-order valence-electron chi connectivity index (χ3n) is 3.57. The molecule has 88 valence electrons. The third-order valence-corrected chi connectivity index (χ3v) is 3.57. The van der Waals surface area contributed by atoms with E-state index in [-0.39, 0.29) is 29.9 Å². The van der Waals surface area contributed by atoms with Crippen LogP contribution in [-0.4, -0.2) is 28.2 Å². The van der Waals surface area contributed by atoms with Gasteiger partial charge < -0.3 is 10.0 Å². The Hall–Kier alpha value is -1.84. The molecule has 2 aliphatic rings. The third kappa shape index (κ3) is 1.60. The van der Waals surface area contributed by atoms with E-state index in [1.54, 1.807) is 17.0 Å². The summed E-state index contributed by atoms with van der Waals surface area (Å²) in [7, 11) is 0. The first-order valence-electron chi connectivity index (χ1n) is 5.78. The Balaban J connectivity index is 2.04. The van der Waals surface area contributed by atoms with Crippen LogP contribution in [0.5, 0.6) is 5.75 Å². The summed E-state index contributed by atoms with van der Waals surface area (Å²) in [5.74, 6) is 0.188. The number of rotatable bonds is 0. The molecule has 0 aliphatic carbocycles. The lowest BCUT2D eigenvalue weighted by molar-refractivity contribution is -0.143. The first-order chi connectivity index (χ1) is 8.15. The van der Waals surface area contributed by atoms with Crippen LogP contribution in [0, 0.1) is 0 Å². The van der Waals surface area contributed by atoms with Gasteiger partial charge in [0.15, 0.2) is 0 Å². The number of Topliss-reactive ketones (excluding diaryl/α,β-unsaturated/α-hetero) is 1. The fourth-order valence-corrected chi connectivity index (χ4v) is 2.78. The van der Waals surface area contributed by atoms with Gasteiger partial charge in [0, 0.05) is 13.0 Å². The Bertz CT molecular complexity index is 509. The number of benzene rings is 1. The Morgan fingerprint density at radius 1 is 1.29 bits per heavy atom. The van der Waals surface area contributed by atoms with Crippen molar-refractivity contribution in [3.63, 3.8) is 0 Å². The predicted molar refractivity (Wildman–Crippen MR) is 60.5 cm³/mol. The topological polar surface area (TPSA) is 57.6 Å². The number of amides is 1. The van der Waals surface area contributed by atoms with E-state index in [9.17, 15) is 14.7 Å². The van der Waals surface area contributed by atoms with Gasteiger partial charge in [-0.25, -0.2) is 0 Å². The molecule has 0 spiro atoms. The molecular formula is C13H13NO3. The quantitative estimate of drug-likeness (QED) is 0.682. The number of phenolic OH excluding ortho intramolecular Hbond substituents is 1. The van der Waals surface area contributed by atoms with Crippen molar-refractivity contribution in [2.75, 3.05) is 6.54 Å². The molecule has 17 heavy (non-hydrogen) atoms. The van der Waals surface area contributed by atoms with Gasteiger partial charge in [0.25, 0.3) is 0 Å². The maximum absolute atomic E-state index is 11.8. The average Bonchev–Trinajstić information content (AvgIpc) is 2.27. The maximum atomic E-state index is 11.8. The van der Waals surface area contributed by atoms with Crippen molar-refractivity contribution in [1.82, 2.24) is 4.90 Å². The van der Waals surface area contributed by atoms with E-state index in [1.165, 1.54) is 0 Å². The van der Waals surface area contributed by atoms with Crippen LogP contribution in [0.2, 0.25) is 0 Å². The Kier molecular flexibility index (Phi) is 2.18. The van der Waals surface area contributed by atoms with Crippen LogP contribution in [0.3, 0.4) is 0 Å². The molecule has 2 heterocycles. The van der Waals surface area contributed by atoms with Crippen molar-refractivity contribution < 1.29 is 14.7 Å². The lowest BCUT2D eigenvalue weighted by atomic mass is 9.86. The highest BCUT2D eigenvalue weighted by Crippen LogP contribution is 2.37. The first kappa shape index (κ1) is 10.3. The normalized spacial score (nSPS) is 23.3. The van der Waals surface area contributed by atoms with Gasteiger partial charge in [-0.05, 0) is 29.7 Å². The summed E-state index contributed by atoms with van der Waals surface area (Å²) in [6, 6.07) is 5.06. The Morgan fingerprint density at radius 2 is 2.12 bits per heavy atom. The van der Waals surface area contributed by atoms with Crippen LogP contribution in [-0.2, 0) is 16.0 Å². The molecule has 0 bridgehead atoms. The molecule has 1 atom stereocenters. The van der Waals surface area contributed by atoms with Crippen LogP contribution < -0.4 is 0 Å². The second-order valence-electron chi connectivity index (χ2n) is 4.66. The summed E-state index contributed by atoms with van der Waals surface area (Å²) < 4.78 is 0. The molecule has 0 radical (unpaired) electrons. The second-order valence-corrected chi connectivity index (χ2v) is 4.66. The van der Waals surface area contributed by atoms with E-state index >= 15 is 0 Å². The van der Waals surface area contributed by atoms with Crippen LogP contribution in [0.25, 0.3) is 0 Å². The molecule has 1 aromatic carbocycles. The highest BCUT2D eigenvalue weighted by atomic mass is 16.3. The SMILES string of the molecule is O=C1CC(=O)N2CCc3cc(O)ccc3C2C1. The molecule has 1 amide bonds. The van der Waals surface area contributed by atoms with Gasteiger partial charge in [0.05, 0.1) is 12.5 Å². The van der Waals surface area contributed by atoms with Crippen molar-refractivity contribution in [3.05, 3.63) is 29.3 Å². The van der Waals surface area contributed by atoms with Crippen LogP contribution >= 0.6 is 0 Å². The number of ketones is 1. The minimum absolute atomic E-state index is 0.0113. The summed E-state index contributed by atoms with van der Waals surface area (Å²) in [6.45, 7) is 0.646. The van der Waals surface area contributed by atoms with Crippen LogP contribution in [0.1, 0.15) is 30.0 Å². The van der Waals surface area contributed by atoms with Crippen molar-refractivity contribution in [2.45, 2.75) is 25.3 Å². The van der Waals surface area contributed by atoms with E-state index in [2.05, 4.69) is 0 Å². The van der Waals surface area contributed by atoms with Gasteiger partial charge in [0.1, 0.15) is 11.5 Å². The lowest BCUT2D eigenvalue weighted by Crippen LogP contribution is -2.45.